The van der Waals surface area contributed by atoms with Gasteiger partial charge in [-0.05, 0) is 32.4 Å². The van der Waals surface area contributed by atoms with Crippen LogP contribution in [0.4, 0.5) is 0 Å². The molecule has 0 saturated carbocycles. The van der Waals surface area contributed by atoms with Gasteiger partial charge in [0.1, 0.15) is 0 Å². The van der Waals surface area contributed by atoms with E-state index in [1.807, 2.05) is 27.9 Å². The zero-order valence-corrected chi connectivity index (χ0v) is 14.4. The average Bonchev–Trinajstić information content (AvgIpc) is 2.64. The van der Waals surface area contributed by atoms with Gasteiger partial charge in [-0.3, -0.25) is 14.5 Å². The second-order valence-electron chi connectivity index (χ2n) is 7.11. The summed E-state index contributed by atoms with van der Waals surface area (Å²) in [6.07, 6.45) is 1.95. The van der Waals surface area contributed by atoms with Crippen molar-refractivity contribution >= 4 is 11.8 Å². The lowest BCUT2D eigenvalue weighted by atomic mass is 9.92. The molecule has 5 nitrogen and oxygen atoms in total. The SMILES string of the molecule is CCC(CC)N1C(=O)CC(NCC(C)(C)CN(C)C)C1=O. The van der Waals surface area contributed by atoms with E-state index in [4.69, 9.17) is 0 Å². The summed E-state index contributed by atoms with van der Waals surface area (Å²) >= 11 is 0. The monoisotopic (exact) mass is 297 g/mol. The second kappa shape index (κ2) is 7.36. The lowest BCUT2D eigenvalue weighted by Gasteiger charge is -2.30. The first kappa shape index (κ1) is 18.1. The topological polar surface area (TPSA) is 52.7 Å². The Hall–Kier alpha value is -0.940. The summed E-state index contributed by atoms with van der Waals surface area (Å²) in [5, 5.41) is 3.30. The lowest BCUT2D eigenvalue weighted by molar-refractivity contribution is -0.141. The summed E-state index contributed by atoms with van der Waals surface area (Å²) in [6.45, 7) is 10.0. The molecule has 0 aromatic carbocycles. The zero-order chi connectivity index (χ0) is 16.2. The van der Waals surface area contributed by atoms with Gasteiger partial charge in [-0.25, -0.2) is 0 Å². The summed E-state index contributed by atoms with van der Waals surface area (Å²) in [5.41, 5.74) is 0.0646. The van der Waals surface area contributed by atoms with Crippen LogP contribution in [0.3, 0.4) is 0 Å². The predicted molar refractivity (Wildman–Crippen MR) is 85.0 cm³/mol. The van der Waals surface area contributed by atoms with Gasteiger partial charge < -0.3 is 10.2 Å². The van der Waals surface area contributed by atoms with E-state index in [0.717, 1.165) is 25.9 Å². The fourth-order valence-electron chi connectivity index (χ4n) is 3.16. The molecule has 1 saturated heterocycles. The normalized spacial score (nSPS) is 20.2. The van der Waals surface area contributed by atoms with E-state index in [9.17, 15) is 9.59 Å². The summed E-state index contributed by atoms with van der Waals surface area (Å²) in [6, 6.07) is -0.300. The van der Waals surface area contributed by atoms with Crippen LogP contribution in [0.25, 0.3) is 0 Å². The largest absolute Gasteiger partial charge is 0.309 e. The Labute approximate surface area is 129 Å². The Morgan fingerprint density at radius 3 is 2.33 bits per heavy atom. The Morgan fingerprint density at radius 2 is 1.86 bits per heavy atom. The van der Waals surface area contributed by atoms with Gasteiger partial charge >= 0.3 is 0 Å². The molecule has 21 heavy (non-hydrogen) atoms. The van der Waals surface area contributed by atoms with Crippen molar-refractivity contribution in [2.24, 2.45) is 5.41 Å². The molecule has 2 amide bonds. The third-order valence-corrected chi connectivity index (χ3v) is 4.06. The van der Waals surface area contributed by atoms with E-state index in [-0.39, 0.29) is 29.3 Å². The quantitative estimate of drug-likeness (QED) is 0.690. The molecule has 0 aromatic heterocycles. The van der Waals surface area contributed by atoms with Crippen LogP contribution in [0, 0.1) is 5.41 Å². The maximum atomic E-state index is 12.4. The smallest absolute Gasteiger partial charge is 0.247 e. The number of rotatable bonds is 8. The van der Waals surface area contributed by atoms with E-state index < -0.39 is 0 Å². The summed E-state index contributed by atoms with van der Waals surface area (Å²) < 4.78 is 0. The van der Waals surface area contributed by atoms with Crippen molar-refractivity contribution in [1.82, 2.24) is 15.1 Å². The highest BCUT2D eigenvalue weighted by molar-refractivity contribution is 6.05. The molecule has 1 rings (SSSR count). The van der Waals surface area contributed by atoms with Gasteiger partial charge in [0, 0.05) is 19.1 Å². The minimum Gasteiger partial charge on any atom is -0.309 e. The average molecular weight is 297 g/mol. The van der Waals surface area contributed by atoms with E-state index in [0.29, 0.717) is 6.42 Å². The van der Waals surface area contributed by atoms with Crippen LogP contribution < -0.4 is 5.32 Å². The van der Waals surface area contributed by atoms with E-state index in [1.54, 1.807) is 0 Å². The number of likely N-dealkylation sites (tertiary alicyclic amines) is 1. The van der Waals surface area contributed by atoms with E-state index >= 15 is 0 Å². The fourth-order valence-corrected chi connectivity index (χ4v) is 3.16. The standard InChI is InChI=1S/C16H31N3O2/c1-7-12(8-2)19-14(20)9-13(15(19)21)17-10-16(3,4)11-18(5)6/h12-13,17H,7-11H2,1-6H3. The Balaban J connectivity index is 2.63. The molecular formula is C16H31N3O2. The summed E-state index contributed by atoms with van der Waals surface area (Å²) in [4.78, 5) is 28.2. The van der Waals surface area contributed by atoms with Crippen LogP contribution in [-0.2, 0) is 9.59 Å². The highest BCUT2D eigenvalue weighted by Crippen LogP contribution is 2.21. The second-order valence-corrected chi connectivity index (χ2v) is 7.11. The van der Waals surface area contributed by atoms with Crippen molar-refractivity contribution < 1.29 is 9.59 Å². The summed E-state index contributed by atoms with van der Waals surface area (Å²) in [7, 11) is 4.08. The molecule has 0 aliphatic carbocycles. The maximum absolute atomic E-state index is 12.4. The molecule has 1 aliphatic heterocycles. The molecule has 1 heterocycles. The molecule has 0 radical (unpaired) electrons. The number of amides is 2. The first-order valence-corrected chi connectivity index (χ1v) is 7.95. The number of carbonyl (C=O) groups excluding carboxylic acids is 2. The van der Waals surface area contributed by atoms with Crippen molar-refractivity contribution in [3.8, 4) is 0 Å². The van der Waals surface area contributed by atoms with Crippen LogP contribution >= 0.6 is 0 Å². The molecule has 1 fully saturated rings. The van der Waals surface area contributed by atoms with Gasteiger partial charge in [-0.15, -0.1) is 0 Å². The Kier molecular flexibility index (Phi) is 6.35. The first-order valence-electron chi connectivity index (χ1n) is 7.95. The first-order chi connectivity index (χ1) is 9.71. The van der Waals surface area contributed by atoms with Gasteiger partial charge in [0.25, 0.3) is 0 Å². The molecule has 1 N–H and O–H groups in total. The third kappa shape index (κ3) is 4.78. The van der Waals surface area contributed by atoms with Gasteiger partial charge in [-0.1, -0.05) is 27.7 Å². The van der Waals surface area contributed by atoms with Crippen molar-refractivity contribution in [2.75, 3.05) is 27.2 Å². The number of hydrogen-bond acceptors (Lipinski definition) is 4. The number of carbonyl (C=O) groups is 2. The highest BCUT2D eigenvalue weighted by Gasteiger charge is 2.41. The van der Waals surface area contributed by atoms with E-state index in [2.05, 4.69) is 24.1 Å². The van der Waals surface area contributed by atoms with Crippen LogP contribution in [0.15, 0.2) is 0 Å². The number of nitrogens with zero attached hydrogens (tertiary/aromatic N) is 2. The maximum Gasteiger partial charge on any atom is 0.247 e. The lowest BCUT2D eigenvalue weighted by Crippen LogP contribution is -2.46. The zero-order valence-electron chi connectivity index (χ0n) is 14.4. The van der Waals surface area contributed by atoms with Crippen molar-refractivity contribution in [3.05, 3.63) is 0 Å². The van der Waals surface area contributed by atoms with Crippen molar-refractivity contribution in [1.29, 1.82) is 0 Å². The molecule has 0 spiro atoms. The predicted octanol–water partition coefficient (Wildman–Crippen LogP) is 1.48. The summed E-state index contributed by atoms with van der Waals surface area (Å²) in [5.74, 6) is -0.0778. The minimum atomic E-state index is -0.348. The number of imide groups is 1. The third-order valence-electron chi connectivity index (χ3n) is 4.06. The van der Waals surface area contributed by atoms with Gasteiger partial charge in [0.2, 0.25) is 11.8 Å². The minimum absolute atomic E-state index is 0.0309. The van der Waals surface area contributed by atoms with Crippen LogP contribution in [0.2, 0.25) is 0 Å². The molecular weight excluding hydrogens is 266 g/mol. The van der Waals surface area contributed by atoms with Gasteiger partial charge in [0.15, 0.2) is 0 Å². The molecule has 0 aromatic rings. The van der Waals surface area contributed by atoms with Crippen molar-refractivity contribution in [3.63, 3.8) is 0 Å². The molecule has 1 atom stereocenters. The van der Waals surface area contributed by atoms with E-state index in [1.165, 1.54) is 4.90 Å². The van der Waals surface area contributed by atoms with Crippen LogP contribution in [0.5, 0.6) is 0 Å². The van der Waals surface area contributed by atoms with Crippen LogP contribution in [0.1, 0.15) is 47.0 Å². The van der Waals surface area contributed by atoms with Crippen molar-refractivity contribution in [2.45, 2.75) is 59.0 Å². The molecule has 122 valence electrons. The number of nitrogens with one attached hydrogen (secondary N) is 1. The Bertz CT molecular complexity index is 376. The molecule has 1 aliphatic rings. The fraction of sp³-hybridized carbons (Fsp3) is 0.875. The number of hydrogen-bond donors (Lipinski definition) is 1. The highest BCUT2D eigenvalue weighted by atomic mass is 16.2. The van der Waals surface area contributed by atoms with Gasteiger partial charge in [0.05, 0.1) is 12.5 Å². The Morgan fingerprint density at radius 1 is 1.29 bits per heavy atom. The van der Waals surface area contributed by atoms with Crippen LogP contribution in [-0.4, -0.2) is 60.9 Å². The molecule has 5 heteroatoms. The molecule has 0 bridgehead atoms. The van der Waals surface area contributed by atoms with Gasteiger partial charge in [-0.2, -0.15) is 0 Å². The molecule has 1 unspecified atom stereocenters.